The number of nitrogens with zero attached hydrogens (tertiary/aromatic N) is 1. The van der Waals surface area contributed by atoms with Crippen molar-refractivity contribution in [2.24, 2.45) is 5.16 Å². The van der Waals surface area contributed by atoms with Crippen molar-refractivity contribution in [1.29, 1.82) is 0 Å². The van der Waals surface area contributed by atoms with Crippen molar-refractivity contribution < 1.29 is 9.63 Å². The molecule has 1 aliphatic heterocycles. The summed E-state index contributed by atoms with van der Waals surface area (Å²) >= 11 is 3.13. The van der Waals surface area contributed by atoms with Gasteiger partial charge < -0.3 is 10.2 Å². The Bertz CT molecular complexity index is 472. The first-order valence-electron chi connectivity index (χ1n) is 5.37. The van der Waals surface area contributed by atoms with Gasteiger partial charge in [0, 0.05) is 12.0 Å². The number of nitrogens with one attached hydrogen (secondary N) is 1. The van der Waals surface area contributed by atoms with E-state index in [4.69, 9.17) is 4.84 Å². The Morgan fingerprint density at radius 1 is 1.59 bits per heavy atom. The summed E-state index contributed by atoms with van der Waals surface area (Å²) in [5.41, 5.74) is 3.74. The van der Waals surface area contributed by atoms with E-state index in [0.717, 1.165) is 28.9 Å². The second-order valence-electron chi connectivity index (χ2n) is 3.80. The van der Waals surface area contributed by atoms with Gasteiger partial charge in [0.05, 0.1) is 16.7 Å². The maximum Gasteiger partial charge on any atom is 0.235 e. The number of anilines is 1. The van der Waals surface area contributed by atoms with Crippen molar-refractivity contribution in [2.45, 2.75) is 13.3 Å². The first-order chi connectivity index (χ1) is 8.22. The van der Waals surface area contributed by atoms with Crippen LogP contribution in [0.25, 0.3) is 0 Å². The molecule has 0 saturated carbocycles. The molecule has 1 aromatic rings. The Morgan fingerprint density at radius 2 is 2.41 bits per heavy atom. The van der Waals surface area contributed by atoms with Crippen molar-refractivity contribution in [3.8, 4) is 0 Å². The SMILES string of the molecule is Cc1cccc(NC(=O)CBr)c1C1=NOCC1. The van der Waals surface area contributed by atoms with Crippen LogP contribution in [0.4, 0.5) is 5.69 Å². The number of carbonyl (C=O) groups is 1. The van der Waals surface area contributed by atoms with Crippen LogP contribution in [0, 0.1) is 6.92 Å². The number of oxime groups is 1. The fraction of sp³-hybridized carbons (Fsp3) is 0.333. The van der Waals surface area contributed by atoms with Gasteiger partial charge in [-0.05, 0) is 18.6 Å². The molecule has 2 rings (SSSR count). The molecule has 0 atom stereocenters. The lowest BCUT2D eigenvalue weighted by Crippen LogP contribution is -2.16. The lowest BCUT2D eigenvalue weighted by Gasteiger charge is -2.12. The van der Waals surface area contributed by atoms with Gasteiger partial charge >= 0.3 is 0 Å². The van der Waals surface area contributed by atoms with Crippen LogP contribution in [0.2, 0.25) is 0 Å². The minimum Gasteiger partial charge on any atom is -0.395 e. The first kappa shape index (κ1) is 12.1. The van der Waals surface area contributed by atoms with Crippen molar-refractivity contribution >= 4 is 33.2 Å². The third kappa shape index (κ3) is 2.66. The topological polar surface area (TPSA) is 50.7 Å². The van der Waals surface area contributed by atoms with Crippen LogP contribution in [0.3, 0.4) is 0 Å². The zero-order valence-corrected chi connectivity index (χ0v) is 11.1. The molecule has 0 radical (unpaired) electrons. The van der Waals surface area contributed by atoms with Crippen molar-refractivity contribution in [3.05, 3.63) is 29.3 Å². The zero-order chi connectivity index (χ0) is 12.3. The number of amides is 1. The van der Waals surface area contributed by atoms with Crippen molar-refractivity contribution in [3.63, 3.8) is 0 Å². The molecular formula is C12H13BrN2O2. The summed E-state index contributed by atoms with van der Waals surface area (Å²) in [5.74, 6) is -0.0728. The van der Waals surface area contributed by atoms with E-state index in [-0.39, 0.29) is 11.2 Å². The highest BCUT2D eigenvalue weighted by molar-refractivity contribution is 9.09. The van der Waals surface area contributed by atoms with E-state index in [1.54, 1.807) is 0 Å². The predicted octanol–water partition coefficient (Wildman–Crippen LogP) is 2.45. The van der Waals surface area contributed by atoms with Crippen LogP contribution in [-0.4, -0.2) is 23.6 Å². The fourth-order valence-corrected chi connectivity index (χ4v) is 1.96. The molecule has 4 nitrogen and oxygen atoms in total. The molecule has 1 N–H and O–H groups in total. The van der Waals surface area contributed by atoms with Crippen LogP contribution in [0.15, 0.2) is 23.4 Å². The molecule has 17 heavy (non-hydrogen) atoms. The Hall–Kier alpha value is -1.36. The van der Waals surface area contributed by atoms with Crippen LogP contribution in [0.5, 0.6) is 0 Å². The highest BCUT2D eigenvalue weighted by Gasteiger charge is 2.17. The summed E-state index contributed by atoms with van der Waals surface area (Å²) in [7, 11) is 0. The summed E-state index contributed by atoms with van der Waals surface area (Å²) in [4.78, 5) is 16.4. The molecule has 0 bridgehead atoms. The van der Waals surface area contributed by atoms with Gasteiger partial charge in [-0.1, -0.05) is 33.2 Å². The Kier molecular flexibility index (Phi) is 3.78. The van der Waals surface area contributed by atoms with E-state index >= 15 is 0 Å². The molecule has 0 unspecified atom stereocenters. The first-order valence-corrected chi connectivity index (χ1v) is 6.49. The number of rotatable bonds is 3. The smallest absolute Gasteiger partial charge is 0.235 e. The predicted molar refractivity (Wildman–Crippen MR) is 70.7 cm³/mol. The third-order valence-corrected chi connectivity index (χ3v) is 3.07. The summed E-state index contributed by atoms with van der Waals surface area (Å²) < 4.78 is 0. The van der Waals surface area contributed by atoms with Crippen molar-refractivity contribution in [2.75, 3.05) is 17.3 Å². The second kappa shape index (κ2) is 5.31. The van der Waals surface area contributed by atoms with E-state index < -0.39 is 0 Å². The lowest BCUT2D eigenvalue weighted by atomic mass is 10.00. The van der Waals surface area contributed by atoms with E-state index in [1.807, 2.05) is 25.1 Å². The molecule has 0 aliphatic carbocycles. The second-order valence-corrected chi connectivity index (χ2v) is 4.36. The van der Waals surface area contributed by atoms with Crippen molar-refractivity contribution in [1.82, 2.24) is 0 Å². The van der Waals surface area contributed by atoms with E-state index in [9.17, 15) is 4.79 Å². The molecule has 1 heterocycles. The molecule has 0 saturated heterocycles. The van der Waals surface area contributed by atoms with E-state index in [0.29, 0.717) is 6.61 Å². The fourth-order valence-electron chi connectivity index (χ4n) is 1.82. The minimum atomic E-state index is -0.0728. The Morgan fingerprint density at radius 3 is 3.06 bits per heavy atom. The van der Waals surface area contributed by atoms with Gasteiger partial charge in [-0.25, -0.2) is 0 Å². The molecule has 0 spiro atoms. The number of hydrogen-bond donors (Lipinski definition) is 1. The maximum atomic E-state index is 11.4. The summed E-state index contributed by atoms with van der Waals surface area (Å²) in [5, 5.41) is 7.15. The molecule has 0 fully saturated rings. The monoisotopic (exact) mass is 296 g/mol. The number of hydrogen-bond acceptors (Lipinski definition) is 3. The molecular weight excluding hydrogens is 284 g/mol. The van der Waals surface area contributed by atoms with Crippen LogP contribution < -0.4 is 5.32 Å². The zero-order valence-electron chi connectivity index (χ0n) is 9.50. The Balaban J connectivity index is 2.37. The average molecular weight is 297 g/mol. The quantitative estimate of drug-likeness (QED) is 0.871. The van der Waals surface area contributed by atoms with Gasteiger partial charge in [0.25, 0.3) is 0 Å². The number of aryl methyl sites for hydroxylation is 1. The third-order valence-electron chi connectivity index (χ3n) is 2.56. The van der Waals surface area contributed by atoms with Crippen LogP contribution in [-0.2, 0) is 9.63 Å². The lowest BCUT2D eigenvalue weighted by molar-refractivity contribution is -0.113. The van der Waals surface area contributed by atoms with Gasteiger partial charge in [0.15, 0.2) is 0 Å². The van der Waals surface area contributed by atoms with Gasteiger partial charge in [0.1, 0.15) is 6.61 Å². The van der Waals surface area contributed by atoms with E-state index in [1.165, 1.54) is 0 Å². The highest BCUT2D eigenvalue weighted by atomic mass is 79.9. The van der Waals surface area contributed by atoms with Gasteiger partial charge in [-0.15, -0.1) is 0 Å². The standard InChI is InChI=1S/C12H13BrN2O2/c1-8-3-2-4-9(14-11(16)7-13)12(8)10-5-6-17-15-10/h2-4H,5-7H2,1H3,(H,14,16). The largest absolute Gasteiger partial charge is 0.395 e. The summed E-state index contributed by atoms with van der Waals surface area (Å²) in [6.07, 6.45) is 0.780. The molecule has 1 aliphatic rings. The normalized spacial score (nSPS) is 14.1. The van der Waals surface area contributed by atoms with Gasteiger partial charge in [0.2, 0.25) is 5.91 Å². The molecule has 1 amide bonds. The molecule has 5 heteroatoms. The van der Waals surface area contributed by atoms with Crippen LogP contribution in [0.1, 0.15) is 17.5 Å². The molecule has 90 valence electrons. The average Bonchev–Trinajstić information content (AvgIpc) is 2.82. The molecule has 1 aromatic carbocycles. The van der Waals surface area contributed by atoms with E-state index in [2.05, 4.69) is 26.4 Å². The van der Waals surface area contributed by atoms with Crippen LogP contribution >= 0.6 is 15.9 Å². The number of benzene rings is 1. The molecule has 0 aromatic heterocycles. The minimum absolute atomic E-state index is 0.0728. The number of halogens is 1. The maximum absolute atomic E-state index is 11.4. The summed E-state index contributed by atoms with van der Waals surface area (Å²) in [6.45, 7) is 2.61. The number of alkyl halides is 1. The highest BCUT2D eigenvalue weighted by Crippen LogP contribution is 2.24. The Labute approximate surface area is 108 Å². The summed E-state index contributed by atoms with van der Waals surface area (Å²) in [6, 6.07) is 5.79. The number of carbonyl (C=O) groups excluding carboxylic acids is 1. The van der Waals surface area contributed by atoms with Gasteiger partial charge in [-0.3, -0.25) is 4.79 Å². The van der Waals surface area contributed by atoms with Gasteiger partial charge in [-0.2, -0.15) is 0 Å².